The number of hydrogen-bond donors (Lipinski definition) is 1. The number of piperidine rings is 1. The van der Waals surface area contributed by atoms with E-state index >= 15 is 0 Å². The number of aromatic nitrogens is 1. The fourth-order valence-corrected chi connectivity index (χ4v) is 2.97. The van der Waals surface area contributed by atoms with Crippen molar-refractivity contribution in [2.45, 2.75) is 26.2 Å². The minimum Gasteiger partial charge on any atom is -0.383 e. The van der Waals surface area contributed by atoms with Crippen LogP contribution < -0.4 is 5.32 Å². The van der Waals surface area contributed by atoms with E-state index in [0.29, 0.717) is 13.0 Å². The van der Waals surface area contributed by atoms with Gasteiger partial charge in [0.15, 0.2) is 0 Å². The predicted octanol–water partition coefficient (Wildman–Crippen LogP) is 3.30. The van der Waals surface area contributed by atoms with Crippen molar-refractivity contribution in [3.05, 3.63) is 36.5 Å². The molecule has 1 aliphatic heterocycles. The number of fused-ring (bicyclic) bond motifs is 1. The molecule has 116 valence electrons. The largest absolute Gasteiger partial charge is 0.383 e. The minimum atomic E-state index is 0.257. The molecule has 2 heterocycles. The highest BCUT2D eigenvalue weighted by atomic mass is 16.2. The zero-order valence-electron chi connectivity index (χ0n) is 13.1. The Morgan fingerprint density at radius 1 is 1.27 bits per heavy atom. The van der Waals surface area contributed by atoms with Gasteiger partial charge in [-0.05, 0) is 30.9 Å². The van der Waals surface area contributed by atoms with Crippen LogP contribution in [0.1, 0.15) is 26.2 Å². The average Bonchev–Trinajstić information content (AvgIpc) is 2.55. The summed E-state index contributed by atoms with van der Waals surface area (Å²) in [4.78, 5) is 18.7. The first kappa shape index (κ1) is 14.8. The van der Waals surface area contributed by atoms with E-state index in [9.17, 15) is 4.79 Å². The molecule has 0 saturated carbocycles. The van der Waals surface area contributed by atoms with Gasteiger partial charge in [0, 0.05) is 37.6 Å². The molecule has 4 heteroatoms. The van der Waals surface area contributed by atoms with Gasteiger partial charge in [0.1, 0.15) is 0 Å². The maximum atomic E-state index is 12.2. The van der Waals surface area contributed by atoms with E-state index in [2.05, 4.69) is 17.2 Å². The van der Waals surface area contributed by atoms with E-state index in [1.165, 1.54) is 0 Å². The highest BCUT2D eigenvalue weighted by Crippen LogP contribution is 2.21. The summed E-state index contributed by atoms with van der Waals surface area (Å²) in [6.45, 7) is 4.74. The first-order chi connectivity index (χ1) is 10.7. The van der Waals surface area contributed by atoms with Gasteiger partial charge in [-0.25, -0.2) is 0 Å². The third-order valence-corrected chi connectivity index (χ3v) is 4.42. The number of anilines is 1. The topological polar surface area (TPSA) is 45.2 Å². The van der Waals surface area contributed by atoms with Crippen molar-refractivity contribution in [3.63, 3.8) is 0 Å². The Morgan fingerprint density at radius 3 is 2.86 bits per heavy atom. The Labute approximate surface area is 131 Å². The fourth-order valence-electron chi connectivity index (χ4n) is 2.97. The van der Waals surface area contributed by atoms with Gasteiger partial charge in [0.05, 0.1) is 11.2 Å². The minimum absolute atomic E-state index is 0.257. The van der Waals surface area contributed by atoms with Crippen LogP contribution in [-0.4, -0.2) is 35.4 Å². The lowest BCUT2D eigenvalue weighted by Gasteiger charge is -2.30. The number of nitrogens with one attached hydrogen (secondary N) is 1. The predicted molar refractivity (Wildman–Crippen MR) is 89.8 cm³/mol. The Hall–Kier alpha value is -2.10. The molecule has 3 rings (SSSR count). The van der Waals surface area contributed by atoms with Crippen LogP contribution in [0.5, 0.6) is 0 Å². The van der Waals surface area contributed by atoms with Gasteiger partial charge in [-0.2, -0.15) is 0 Å². The maximum Gasteiger partial charge on any atom is 0.224 e. The SMILES string of the molecule is CC1CCN(C(=O)CCNc2cccc3cccnc23)CC1. The number of rotatable bonds is 4. The molecular weight excluding hydrogens is 274 g/mol. The Balaban J connectivity index is 1.55. The number of benzene rings is 1. The molecule has 0 atom stereocenters. The summed E-state index contributed by atoms with van der Waals surface area (Å²) in [5.74, 6) is 1.01. The Bertz CT molecular complexity index is 642. The molecule has 0 bridgehead atoms. The molecule has 0 spiro atoms. The number of amides is 1. The second kappa shape index (κ2) is 6.77. The standard InChI is InChI=1S/C18H23N3O/c1-14-8-12-21(13-9-14)17(22)7-11-19-16-6-2-4-15-5-3-10-20-18(15)16/h2-6,10,14,19H,7-9,11-13H2,1H3. The molecule has 1 aromatic carbocycles. The summed E-state index contributed by atoms with van der Waals surface area (Å²) in [7, 11) is 0. The quantitative estimate of drug-likeness (QED) is 0.942. The summed E-state index contributed by atoms with van der Waals surface area (Å²) in [6, 6.07) is 10.1. The van der Waals surface area contributed by atoms with Gasteiger partial charge < -0.3 is 10.2 Å². The molecule has 1 aliphatic rings. The van der Waals surface area contributed by atoms with Crippen LogP contribution in [0.25, 0.3) is 10.9 Å². The second-order valence-corrected chi connectivity index (χ2v) is 6.12. The summed E-state index contributed by atoms with van der Waals surface area (Å²) in [5, 5.41) is 4.47. The summed E-state index contributed by atoms with van der Waals surface area (Å²) in [6.07, 6.45) is 4.60. The van der Waals surface area contributed by atoms with E-state index in [1.807, 2.05) is 35.2 Å². The highest BCUT2D eigenvalue weighted by Gasteiger charge is 2.19. The lowest BCUT2D eigenvalue weighted by molar-refractivity contribution is -0.132. The van der Waals surface area contributed by atoms with Crippen LogP contribution in [0.15, 0.2) is 36.5 Å². The smallest absolute Gasteiger partial charge is 0.224 e. The highest BCUT2D eigenvalue weighted by molar-refractivity contribution is 5.90. The molecular formula is C18H23N3O. The molecule has 0 aliphatic carbocycles. The monoisotopic (exact) mass is 297 g/mol. The number of nitrogens with zero attached hydrogens (tertiary/aromatic N) is 2. The van der Waals surface area contributed by atoms with Crippen molar-refractivity contribution < 1.29 is 4.79 Å². The molecule has 1 fully saturated rings. The van der Waals surface area contributed by atoms with Crippen LogP contribution in [-0.2, 0) is 4.79 Å². The number of likely N-dealkylation sites (tertiary alicyclic amines) is 1. The third-order valence-electron chi connectivity index (χ3n) is 4.42. The second-order valence-electron chi connectivity index (χ2n) is 6.12. The van der Waals surface area contributed by atoms with Crippen molar-refractivity contribution in [2.24, 2.45) is 5.92 Å². The Morgan fingerprint density at radius 2 is 2.05 bits per heavy atom. The summed E-state index contributed by atoms with van der Waals surface area (Å²) in [5.41, 5.74) is 1.96. The molecule has 1 aromatic heterocycles. The van der Waals surface area contributed by atoms with Crippen LogP contribution in [0.3, 0.4) is 0 Å². The summed E-state index contributed by atoms with van der Waals surface area (Å²) >= 11 is 0. The normalized spacial score (nSPS) is 16.0. The van der Waals surface area contributed by atoms with Gasteiger partial charge >= 0.3 is 0 Å². The van der Waals surface area contributed by atoms with Crippen molar-refractivity contribution in [1.82, 2.24) is 9.88 Å². The maximum absolute atomic E-state index is 12.2. The van der Waals surface area contributed by atoms with E-state index < -0.39 is 0 Å². The number of carbonyl (C=O) groups excluding carboxylic acids is 1. The fraction of sp³-hybridized carbons (Fsp3) is 0.444. The van der Waals surface area contributed by atoms with E-state index in [4.69, 9.17) is 0 Å². The molecule has 2 aromatic rings. The van der Waals surface area contributed by atoms with Crippen LogP contribution >= 0.6 is 0 Å². The van der Waals surface area contributed by atoms with E-state index in [1.54, 1.807) is 6.20 Å². The van der Waals surface area contributed by atoms with Crippen molar-refractivity contribution in [1.29, 1.82) is 0 Å². The molecule has 1 amide bonds. The number of hydrogen-bond acceptors (Lipinski definition) is 3. The number of pyridine rings is 1. The van der Waals surface area contributed by atoms with Crippen molar-refractivity contribution in [2.75, 3.05) is 25.0 Å². The van der Waals surface area contributed by atoms with E-state index in [-0.39, 0.29) is 5.91 Å². The first-order valence-electron chi connectivity index (χ1n) is 8.09. The zero-order valence-corrected chi connectivity index (χ0v) is 13.1. The summed E-state index contributed by atoms with van der Waals surface area (Å²) < 4.78 is 0. The van der Waals surface area contributed by atoms with Crippen LogP contribution in [0.2, 0.25) is 0 Å². The number of para-hydroxylation sites is 1. The molecule has 1 N–H and O–H groups in total. The van der Waals surface area contributed by atoms with Crippen LogP contribution in [0.4, 0.5) is 5.69 Å². The van der Waals surface area contributed by atoms with Crippen molar-refractivity contribution in [3.8, 4) is 0 Å². The van der Waals surface area contributed by atoms with Crippen LogP contribution in [0, 0.1) is 5.92 Å². The first-order valence-corrected chi connectivity index (χ1v) is 8.09. The van der Waals surface area contributed by atoms with E-state index in [0.717, 1.165) is 48.4 Å². The van der Waals surface area contributed by atoms with Crippen molar-refractivity contribution >= 4 is 22.5 Å². The molecule has 0 radical (unpaired) electrons. The molecule has 0 unspecified atom stereocenters. The van der Waals surface area contributed by atoms with Gasteiger partial charge in [-0.1, -0.05) is 25.1 Å². The Kier molecular flexibility index (Phi) is 4.56. The average molecular weight is 297 g/mol. The molecule has 4 nitrogen and oxygen atoms in total. The van der Waals surface area contributed by atoms with Gasteiger partial charge in [-0.3, -0.25) is 9.78 Å². The molecule has 22 heavy (non-hydrogen) atoms. The third kappa shape index (κ3) is 3.38. The van der Waals surface area contributed by atoms with Gasteiger partial charge in [-0.15, -0.1) is 0 Å². The van der Waals surface area contributed by atoms with Gasteiger partial charge in [0.25, 0.3) is 0 Å². The zero-order chi connectivity index (χ0) is 15.4. The van der Waals surface area contributed by atoms with Gasteiger partial charge in [0.2, 0.25) is 5.91 Å². The lowest BCUT2D eigenvalue weighted by atomic mass is 9.99. The molecule has 1 saturated heterocycles. The number of carbonyl (C=O) groups is 1. The lowest BCUT2D eigenvalue weighted by Crippen LogP contribution is -2.38.